The van der Waals surface area contributed by atoms with E-state index in [4.69, 9.17) is 0 Å². The first-order chi connectivity index (χ1) is 10.0. The van der Waals surface area contributed by atoms with Gasteiger partial charge in [-0.3, -0.25) is 15.1 Å². The van der Waals surface area contributed by atoms with Gasteiger partial charge in [-0.05, 0) is 24.8 Å². The summed E-state index contributed by atoms with van der Waals surface area (Å²) in [5.41, 5.74) is 2.49. The van der Waals surface area contributed by atoms with Crippen LogP contribution in [0.15, 0.2) is 24.7 Å². The highest BCUT2D eigenvalue weighted by Gasteiger charge is 2.29. The maximum atomic E-state index is 11.6. The van der Waals surface area contributed by atoms with Gasteiger partial charge in [0.1, 0.15) is 5.69 Å². The molecule has 0 radical (unpaired) electrons. The molecule has 1 atom stereocenters. The van der Waals surface area contributed by atoms with E-state index in [9.17, 15) is 8.42 Å². The molecule has 1 aliphatic rings. The monoisotopic (exact) mass is 307 g/mol. The third kappa shape index (κ3) is 3.11. The minimum atomic E-state index is -3.10. The van der Waals surface area contributed by atoms with Gasteiger partial charge in [-0.1, -0.05) is 0 Å². The van der Waals surface area contributed by atoms with Crippen molar-refractivity contribution < 1.29 is 8.42 Å². The molecule has 2 aromatic heterocycles. The van der Waals surface area contributed by atoms with E-state index in [1.807, 2.05) is 6.07 Å². The number of hydrogen-bond acceptors (Lipinski definition) is 5. The number of nitrogens with one attached hydrogen (secondary N) is 1. The van der Waals surface area contributed by atoms with Crippen molar-refractivity contribution >= 4 is 10.0 Å². The molecule has 0 amide bonds. The Morgan fingerprint density at radius 2 is 2.14 bits per heavy atom. The van der Waals surface area contributed by atoms with Crippen molar-refractivity contribution in [2.45, 2.75) is 12.8 Å². The quantitative estimate of drug-likeness (QED) is 0.897. The summed E-state index contributed by atoms with van der Waals surface area (Å²) >= 11 is 0. The lowest BCUT2D eigenvalue weighted by molar-refractivity contribution is 0.459. The maximum Gasteiger partial charge on any atom is 0.211 e. The van der Waals surface area contributed by atoms with Crippen LogP contribution in [0.4, 0.5) is 0 Å². The Kier molecular flexibility index (Phi) is 3.73. The van der Waals surface area contributed by atoms with Crippen LogP contribution in [-0.2, 0) is 16.4 Å². The summed E-state index contributed by atoms with van der Waals surface area (Å²) in [6.07, 6.45) is 7.82. The van der Waals surface area contributed by atoms with Crippen LogP contribution in [0.3, 0.4) is 0 Å². The number of aromatic amines is 1. The summed E-state index contributed by atoms with van der Waals surface area (Å²) < 4.78 is 24.7. The van der Waals surface area contributed by atoms with Crippen LogP contribution in [-0.4, -0.2) is 52.2 Å². The van der Waals surface area contributed by atoms with Crippen LogP contribution in [0, 0.1) is 5.92 Å². The smallest absolute Gasteiger partial charge is 0.211 e. The number of rotatable bonds is 4. The van der Waals surface area contributed by atoms with Gasteiger partial charge >= 0.3 is 0 Å². The third-order valence-electron chi connectivity index (χ3n) is 3.73. The molecule has 2 aromatic rings. The Bertz CT molecular complexity index is 714. The topological polar surface area (TPSA) is 91.8 Å². The van der Waals surface area contributed by atoms with E-state index < -0.39 is 10.0 Å². The minimum Gasteiger partial charge on any atom is -0.276 e. The third-order valence-corrected chi connectivity index (χ3v) is 5.00. The second-order valence-corrected chi connectivity index (χ2v) is 7.28. The van der Waals surface area contributed by atoms with Gasteiger partial charge in [-0.25, -0.2) is 12.7 Å². The Morgan fingerprint density at radius 1 is 1.33 bits per heavy atom. The van der Waals surface area contributed by atoms with Gasteiger partial charge in [0.05, 0.1) is 17.6 Å². The van der Waals surface area contributed by atoms with Crippen LogP contribution < -0.4 is 0 Å². The van der Waals surface area contributed by atoms with Crippen LogP contribution in [0.5, 0.6) is 0 Å². The van der Waals surface area contributed by atoms with Crippen molar-refractivity contribution in [3.8, 4) is 11.4 Å². The zero-order valence-electron chi connectivity index (χ0n) is 11.7. The van der Waals surface area contributed by atoms with E-state index >= 15 is 0 Å². The van der Waals surface area contributed by atoms with E-state index in [0.29, 0.717) is 19.5 Å². The summed E-state index contributed by atoms with van der Waals surface area (Å²) in [6.45, 7) is 1.14. The first-order valence-electron chi connectivity index (χ1n) is 6.79. The molecule has 0 saturated carbocycles. The summed E-state index contributed by atoms with van der Waals surface area (Å²) in [5.74, 6) is 0.276. The van der Waals surface area contributed by atoms with Crippen LogP contribution in [0.2, 0.25) is 0 Å². The van der Waals surface area contributed by atoms with Gasteiger partial charge in [0.25, 0.3) is 0 Å². The number of nitrogens with zero attached hydrogens (tertiary/aromatic N) is 4. The predicted octanol–water partition coefficient (Wildman–Crippen LogP) is 0.691. The first kappa shape index (κ1) is 14.2. The molecule has 0 bridgehead atoms. The summed E-state index contributed by atoms with van der Waals surface area (Å²) in [4.78, 5) is 8.77. The number of H-pyrrole nitrogens is 1. The molecule has 0 aromatic carbocycles. The summed E-state index contributed by atoms with van der Waals surface area (Å²) in [5, 5.41) is 6.83. The fourth-order valence-corrected chi connectivity index (χ4v) is 3.59. The molecule has 7 nitrogen and oxygen atoms in total. The molecular formula is C13H17N5O2S. The minimum absolute atomic E-state index is 0.276. The maximum absolute atomic E-state index is 11.6. The zero-order chi connectivity index (χ0) is 14.9. The Labute approximate surface area is 123 Å². The molecule has 3 heterocycles. The van der Waals surface area contributed by atoms with E-state index in [1.54, 1.807) is 18.6 Å². The number of aromatic nitrogens is 4. The molecule has 1 fully saturated rings. The Hall–Kier alpha value is -1.80. The van der Waals surface area contributed by atoms with Gasteiger partial charge < -0.3 is 0 Å². The van der Waals surface area contributed by atoms with Crippen LogP contribution >= 0.6 is 0 Å². The first-order valence-corrected chi connectivity index (χ1v) is 8.63. The summed E-state index contributed by atoms with van der Waals surface area (Å²) in [7, 11) is -3.10. The second kappa shape index (κ2) is 5.53. The van der Waals surface area contributed by atoms with Crippen molar-refractivity contribution in [1.82, 2.24) is 24.5 Å². The van der Waals surface area contributed by atoms with Crippen LogP contribution in [0.1, 0.15) is 12.1 Å². The van der Waals surface area contributed by atoms with E-state index in [2.05, 4.69) is 20.2 Å². The molecule has 1 N–H and O–H groups in total. The van der Waals surface area contributed by atoms with Crippen molar-refractivity contribution in [3.05, 3.63) is 30.4 Å². The van der Waals surface area contributed by atoms with Crippen molar-refractivity contribution in [1.29, 1.82) is 0 Å². The van der Waals surface area contributed by atoms with Crippen molar-refractivity contribution in [3.63, 3.8) is 0 Å². The Balaban J connectivity index is 1.78. The number of hydrogen-bond donors (Lipinski definition) is 1. The molecule has 0 aliphatic carbocycles. The van der Waals surface area contributed by atoms with Gasteiger partial charge in [0, 0.05) is 31.7 Å². The lowest BCUT2D eigenvalue weighted by atomic mass is 10.0. The highest BCUT2D eigenvalue weighted by molar-refractivity contribution is 7.88. The highest BCUT2D eigenvalue weighted by Crippen LogP contribution is 2.25. The second-order valence-electron chi connectivity index (χ2n) is 5.30. The summed E-state index contributed by atoms with van der Waals surface area (Å²) in [6, 6.07) is 1.85. The van der Waals surface area contributed by atoms with E-state index in [-0.39, 0.29) is 5.92 Å². The normalized spacial score (nSPS) is 20.0. The van der Waals surface area contributed by atoms with Gasteiger partial charge in [0.2, 0.25) is 10.0 Å². The van der Waals surface area contributed by atoms with E-state index in [0.717, 1.165) is 23.5 Å². The van der Waals surface area contributed by atoms with Crippen molar-refractivity contribution in [2.75, 3.05) is 19.3 Å². The molecule has 8 heteroatoms. The average Bonchev–Trinajstić information content (AvgIpc) is 3.09. The average molecular weight is 307 g/mol. The lowest BCUT2D eigenvalue weighted by Gasteiger charge is -2.13. The van der Waals surface area contributed by atoms with Gasteiger partial charge in [0.15, 0.2) is 0 Å². The fraction of sp³-hybridized carbons (Fsp3) is 0.462. The Morgan fingerprint density at radius 3 is 2.81 bits per heavy atom. The molecular weight excluding hydrogens is 290 g/mol. The molecule has 3 rings (SSSR count). The molecule has 21 heavy (non-hydrogen) atoms. The molecule has 1 unspecified atom stereocenters. The molecule has 112 valence electrons. The van der Waals surface area contributed by atoms with Gasteiger partial charge in [-0.2, -0.15) is 5.10 Å². The standard InChI is InChI=1S/C13H17N5O2S/c1-21(19,20)18-7-3-10(9-18)8-12-13(15-6-5-14-12)11-2-4-16-17-11/h2,4-6,10H,3,7-9H2,1H3,(H,16,17). The largest absolute Gasteiger partial charge is 0.276 e. The lowest BCUT2D eigenvalue weighted by Crippen LogP contribution is -2.27. The van der Waals surface area contributed by atoms with Gasteiger partial charge in [-0.15, -0.1) is 0 Å². The number of sulfonamides is 1. The van der Waals surface area contributed by atoms with Crippen molar-refractivity contribution in [2.24, 2.45) is 5.92 Å². The predicted molar refractivity (Wildman–Crippen MR) is 77.8 cm³/mol. The molecule has 1 aliphatic heterocycles. The zero-order valence-corrected chi connectivity index (χ0v) is 12.5. The molecule has 1 saturated heterocycles. The van der Waals surface area contributed by atoms with Crippen LogP contribution in [0.25, 0.3) is 11.4 Å². The fourth-order valence-electron chi connectivity index (χ4n) is 2.67. The highest BCUT2D eigenvalue weighted by atomic mass is 32.2. The van der Waals surface area contributed by atoms with E-state index in [1.165, 1.54) is 10.6 Å². The molecule has 0 spiro atoms. The SMILES string of the molecule is CS(=O)(=O)N1CCC(Cc2nccnc2-c2ccn[nH]2)C1.